The Kier molecular flexibility index (Phi) is 10.2. The van der Waals surface area contributed by atoms with Crippen LogP contribution in [-0.2, 0) is 24.1 Å². The van der Waals surface area contributed by atoms with Crippen LogP contribution in [0.2, 0.25) is 0 Å². The van der Waals surface area contributed by atoms with E-state index in [1.165, 1.54) is 23.8 Å². The number of esters is 1. The Morgan fingerprint density at radius 2 is 1.74 bits per heavy atom. The van der Waals surface area contributed by atoms with E-state index in [2.05, 4.69) is 23.1 Å². The van der Waals surface area contributed by atoms with Gasteiger partial charge in [0.2, 0.25) is 0 Å². The number of hydrogen-bond acceptors (Lipinski definition) is 5. The molecule has 0 heterocycles. The quantitative estimate of drug-likeness (QED) is 0.331. The van der Waals surface area contributed by atoms with Gasteiger partial charge in [0.15, 0.2) is 0 Å². The van der Waals surface area contributed by atoms with Crippen LogP contribution in [0.25, 0.3) is 0 Å². The highest BCUT2D eigenvalue weighted by molar-refractivity contribution is 5.89. The first-order valence-corrected chi connectivity index (χ1v) is 12.0. The van der Waals surface area contributed by atoms with E-state index >= 15 is 0 Å². The van der Waals surface area contributed by atoms with Gasteiger partial charge in [0.1, 0.15) is 18.5 Å². The lowest BCUT2D eigenvalue weighted by Crippen LogP contribution is -2.42. The van der Waals surface area contributed by atoms with Gasteiger partial charge in [-0.25, -0.2) is 4.79 Å². The predicted molar refractivity (Wildman–Crippen MR) is 140 cm³/mol. The minimum atomic E-state index is -0.618. The van der Waals surface area contributed by atoms with Crippen LogP contribution in [0.1, 0.15) is 39.9 Å². The number of halogens is 1. The van der Waals surface area contributed by atoms with Gasteiger partial charge in [0.25, 0.3) is 0 Å². The van der Waals surface area contributed by atoms with Crippen molar-refractivity contribution in [1.82, 2.24) is 4.90 Å². The molecule has 1 unspecified atom stereocenters. The number of fused-ring (bicyclic) bond motifs is 1. The number of aryl methyl sites for hydroxylation is 1. The van der Waals surface area contributed by atoms with Crippen molar-refractivity contribution < 1.29 is 19.4 Å². The molecule has 0 aliphatic heterocycles. The molecule has 0 aromatic heterocycles. The lowest BCUT2D eigenvalue weighted by molar-refractivity contribution is 0.0463. The Morgan fingerprint density at radius 3 is 2.46 bits per heavy atom. The van der Waals surface area contributed by atoms with Crippen LogP contribution in [-0.4, -0.2) is 48.4 Å². The number of nitrogens with zero attached hydrogens (tertiary/aromatic N) is 1. The van der Waals surface area contributed by atoms with Gasteiger partial charge in [-0.1, -0.05) is 54.6 Å². The van der Waals surface area contributed by atoms with Gasteiger partial charge in [-0.3, -0.25) is 4.90 Å². The molecule has 0 fully saturated rings. The first kappa shape index (κ1) is 26.7. The number of carbonyl (C=O) groups is 1. The smallest absolute Gasteiger partial charge is 0.337 e. The molecule has 0 amide bonds. The van der Waals surface area contributed by atoms with E-state index in [0.717, 1.165) is 38.0 Å². The van der Waals surface area contributed by atoms with Crippen molar-refractivity contribution in [2.45, 2.75) is 44.4 Å². The number of benzene rings is 3. The summed E-state index contributed by atoms with van der Waals surface area (Å²) in [5.41, 5.74) is 4.29. The molecular weight excluding hydrogens is 462 g/mol. The summed E-state index contributed by atoms with van der Waals surface area (Å²) in [6, 6.07) is 26.1. The fraction of sp³-hybridized carbons (Fsp3) is 0.345. The summed E-state index contributed by atoms with van der Waals surface area (Å²) in [5, 5.41) is 10.9. The van der Waals surface area contributed by atoms with Crippen LogP contribution in [0.15, 0.2) is 78.9 Å². The zero-order valence-corrected chi connectivity index (χ0v) is 21.0. The van der Waals surface area contributed by atoms with Crippen LogP contribution in [0.4, 0.5) is 0 Å². The molecule has 3 aromatic rings. The van der Waals surface area contributed by atoms with E-state index in [9.17, 15) is 9.90 Å². The SMILES string of the molecule is COC(=O)c1ccc2c(c1)CC(N(Cc1ccccc1)C[C@H](O)COc1ccccc1)CCC2.Cl. The number of hydrogen-bond donors (Lipinski definition) is 1. The number of para-hydroxylation sites is 1. The monoisotopic (exact) mass is 495 g/mol. The Hall–Kier alpha value is -2.86. The Labute approximate surface area is 214 Å². The molecule has 4 rings (SSSR count). The van der Waals surface area contributed by atoms with Crippen LogP contribution < -0.4 is 4.74 Å². The summed E-state index contributed by atoms with van der Waals surface area (Å²) >= 11 is 0. The normalized spacial score (nSPS) is 15.9. The van der Waals surface area contributed by atoms with Gasteiger partial charge >= 0.3 is 5.97 Å². The molecule has 6 heteroatoms. The topological polar surface area (TPSA) is 59.0 Å². The lowest BCUT2D eigenvalue weighted by Gasteiger charge is -2.33. The Bertz CT molecular complexity index is 1060. The second kappa shape index (κ2) is 13.3. The van der Waals surface area contributed by atoms with Gasteiger partial charge < -0.3 is 14.6 Å². The van der Waals surface area contributed by atoms with Crippen LogP contribution in [0, 0.1) is 0 Å². The molecule has 0 saturated heterocycles. The highest BCUT2D eigenvalue weighted by Crippen LogP contribution is 2.26. The number of aliphatic hydroxyl groups is 1. The fourth-order valence-electron chi connectivity index (χ4n) is 4.69. The number of carbonyl (C=O) groups excluding carboxylic acids is 1. The summed E-state index contributed by atoms with van der Waals surface area (Å²) in [6.07, 6.45) is 3.30. The minimum Gasteiger partial charge on any atom is -0.491 e. The molecule has 1 aliphatic rings. The van der Waals surface area contributed by atoms with Gasteiger partial charge in [-0.2, -0.15) is 0 Å². The van der Waals surface area contributed by atoms with E-state index in [1.807, 2.05) is 60.7 Å². The van der Waals surface area contributed by atoms with Crippen LogP contribution >= 0.6 is 12.4 Å². The zero-order chi connectivity index (χ0) is 23.8. The molecule has 0 saturated carbocycles. The van der Waals surface area contributed by atoms with Gasteiger partial charge in [-0.05, 0) is 66.6 Å². The molecule has 0 bridgehead atoms. The number of methoxy groups -OCH3 is 1. The van der Waals surface area contributed by atoms with Gasteiger partial charge in [-0.15, -0.1) is 12.4 Å². The maximum atomic E-state index is 12.1. The third-order valence-corrected chi connectivity index (χ3v) is 6.44. The summed E-state index contributed by atoms with van der Waals surface area (Å²) < 4.78 is 10.7. The predicted octanol–water partition coefficient (Wildman–Crippen LogP) is 5.08. The standard InChI is InChI=1S/C29H33NO4.ClH/c1-33-29(32)24-16-15-23-11-8-12-26(18-25(23)17-24)30(19-22-9-4-2-5-10-22)20-27(31)21-34-28-13-6-3-7-14-28;/h2-7,9-10,13-17,26-27,31H,8,11-12,18-21H2,1H3;1H/t26?,27-;/m0./s1. The molecule has 186 valence electrons. The fourth-order valence-corrected chi connectivity index (χ4v) is 4.69. The van der Waals surface area contributed by atoms with Crippen LogP contribution in [0.3, 0.4) is 0 Å². The number of ether oxygens (including phenoxy) is 2. The van der Waals surface area contributed by atoms with E-state index in [-0.39, 0.29) is 31.0 Å². The summed E-state index contributed by atoms with van der Waals surface area (Å²) in [4.78, 5) is 14.5. The molecule has 0 spiro atoms. The molecule has 0 radical (unpaired) electrons. The lowest BCUT2D eigenvalue weighted by atomic mass is 9.98. The molecular formula is C29H34ClNO4. The van der Waals surface area contributed by atoms with Crippen molar-refractivity contribution in [3.8, 4) is 5.75 Å². The van der Waals surface area contributed by atoms with Crippen molar-refractivity contribution in [2.24, 2.45) is 0 Å². The van der Waals surface area contributed by atoms with Gasteiger partial charge in [0, 0.05) is 19.1 Å². The third-order valence-electron chi connectivity index (χ3n) is 6.44. The van der Waals surface area contributed by atoms with Crippen molar-refractivity contribution in [3.63, 3.8) is 0 Å². The number of aliphatic hydroxyl groups excluding tert-OH is 1. The highest BCUT2D eigenvalue weighted by Gasteiger charge is 2.26. The van der Waals surface area contributed by atoms with Crippen molar-refractivity contribution >= 4 is 18.4 Å². The first-order valence-electron chi connectivity index (χ1n) is 12.0. The largest absolute Gasteiger partial charge is 0.491 e. The average Bonchev–Trinajstić information content (AvgIpc) is 3.10. The van der Waals surface area contributed by atoms with E-state index < -0.39 is 6.10 Å². The number of rotatable bonds is 9. The zero-order valence-electron chi connectivity index (χ0n) is 20.1. The van der Waals surface area contributed by atoms with Crippen molar-refractivity contribution in [1.29, 1.82) is 0 Å². The molecule has 35 heavy (non-hydrogen) atoms. The van der Waals surface area contributed by atoms with E-state index in [1.54, 1.807) is 0 Å². The van der Waals surface area contributed by atoms with E-state index in [0.29, 0.717) is 12.1 Å². The maximum Gasteiger partial charge on any atom is 0.337 e. The van der Waals surface area contributed by atoms with Gasteiger partial charge in [0.05, 0.1) is 12.7 Å². The van der Waals surface area contributed by atoms with Crippen molar-refractivity contribution in [3.05, 3.63) is 101 Å². The average molecular weight is 496 g/mol. The molecule has 1 N–H and O–H groups in total. The highest BCUT2D eigenvalue weighted by atomic mass is 35.5. The van der Waals surface area contributed by atoms with Crippen molar-refractivity contribution in [2.75, 3.05) is 20.3 Å². The molecule has 5 nitrogen and oxygen atoms in total. The van der Waals surface area contributed by atoms with E-state index in [4.69, 9.17) is 9.47 Å². The third kappa shape index (κ3) is 7.56. The second-order valence-electron chi connectivity index (χ2n) is 8.92. The summed E-state index contributed by atoms with van der Waals surface area (Å²) in [6.45, 7) is 1.50. The molecule has 3 aromatic carbocycles. The Balaban J connectivity index is 0.00000342. The summed E-state index contributed by atoms with van der Waals surface area (Å²) in [5.74, 6) is 0.452. The maximum absolute atomic E-state index is 12.1. The van der Waals surface area contributed by atoms with Crippen LogP contribution in [0.5, 0.6) is 5.75 Å². The molecule has 2 atom stereocenters. The summed E-state index contributed by atoms with van der Waals surface area (Å²) in [7, 11) is 1.41. The first-order chi connectivity index (χ1) is 16.6. The molecule has 1 aliphatic carbocycles. The Morgan fingerprint density at radius 1 is 1.03 bits per heavy atom. The second-order valence-corrected chi connectivity index (χ2v) is 8.92. The minimum absolute atomic E-state index is 0.